The highest BCUT2D eigenvalue weighted by Crippen LogP contribution is 2.40. The summed E-state index contributed by atoms with van der Waals surface area (Å²) in [5.74, 6) is -1.81. The van der Waals surface area contributed by atoms with Crippen molar-refractivity contribution in [3.63, 3.8) is 0 Å². The number of carboxylic acids is 1. The van der Waals surface area contributed by atoms with E-state index in [0.29, 0.717) is 24.1 Å². The number of fused-ring (bicyclic) bond motifs is 1. The van der Waals surface area contributed by atoms with Crippen LogP contribution in [0.3, 0.4) is 0 Å². The van der Waals surface area contributed by atoms with Gasteiger partial charge in [-0.1, -0.05) is 30.3 Å². The molecule has 2 aromatic rings. The maximum Gasteiger partial charge on any atom is 0.310 e. The average Bonchev–Trinajstić information content (AvgIpc) is 2.91. The largest absolute Gasteiger partial charge is 0.481 e. The van der Waals surface area contributed by atoms with Crippen LogP contribution in [0.2, 0.25) is 0 Å². The van der Waals surface area contributed by atoms with Gasteiger partial charge >= 0.3 is 5.97 Å². The Morgan fingerprint density at radius 1 is 1.12 bits per heavy atom. The minimum Gasteiger partial charge on any atom is -0.481 e. The van der Waals surface area contributed by atoms with Crippen LogP contribution in [0.25, 0.3) is 0 Å². The summed E-state index contributed by atoms with van der Waals surface area (Å²) in [5, 5.41) is 12.4. The molecule has 0 spiro atoms. The molecule has 5 heteroatoms. The molecule has 0 radical (unpaired) electrons. The maximum absolute atomic E-state index is 13.6. The van der Waals surface area contributed by atoms with E-state index in [0.717, 1.165) is 11.1 Å². The number of rotatable bonds is 4. The quantitative estimate of drug-likeness (QED) is 0.905. The molecule has 0 saturated carbocycles. The number of carbonyl (C=O) groups excluding carboxylic acids is 1. The third-order valence-electron chi connectivity index (χ3n) is 4.67. The molecule has 2 N–H and O–H groups in total. The van der Waals surface area contributed by atoms with Crippen molar-refractivity contribution < 1.29 is 19.1 Å². The molecule has 24 heavy (non-hydrogen) atoms. The third-order valence-corrected chi connectivity index (χ3v) is 4.67. The molecule has 0 heterocycles. The summed E-state index contributed by atoms with van der Waals surface area (Å²) >= 11 is 0. The van der Waals surface area contributed by atoms with Gasteiger partial charge in [0.2, 0.25) is 5.91 Å². The van der Waals surface area contributed by atoms with E-state index in [-0.39, 0.29) is 6.42 Å². The van der Waals surface area contributed by atoms with Crippen molar-refractivity contribution in [3.05, 3.63) is 65.0 Å². The number of hydrogen-bond acceptors (Lipinski definition) is 2. The van der Waals surface area contributed by atoms with E-state index >= 15 is 0 Å². The second kappa shape index (κ2) is 6.07. The summed E-state index contributed by atoms with van der Waals surface area (Å²) in [6.07, 6.45) is 0.509. The highest BCUT2D eigenvalue weighted by Gasteiger charge is 2.45. The van der Waals surface area contributed by atoms with Crippen LogP contribution in [0, 0.1) is 18.2 Å². The lowest BCUT2D eigenvalue weighted by molar-refractivity contribution is -0.150. The monoisotopic (exact) mass is 327 g/mol. The normalized spacial score (nSPS) is 14.9. The van der Waals surface area contributed by atoms with Gasteiger partial charge < -0.3 is 10.4 Å². The molecule has 0 bridgehead atoms. The Balaban J connectivity index is 1.79. The molecule has 1 aliphatic rings. The number of nitrogens with one attached hydrogen (secondary N) is 1. The molecule has 1 aliphatic carbocycles. The van der Waals surface area contributed by atoms with E-state index in [9.17, 15) is 19.1 Å². The van der Waals surface area contributed by atoms with Crippen LogP contribution >= 0.6 is 0 Å². The Kier molecular flexibility index (Phi) is 4.09. The lowest BCUT2D eigenvalue weighted by Crippen LogP contribution is -2.36. The zero-order valence-electron chi connectivity index (χ0n) is 13.3. The second-order valence-corrected chi connectivity index (χ2v) is 6.35. The molecule has 0 aliphatic heterocycles. The lowest BCUT2D eigenvalue weighted by atomic mass is 9.81. The molecular formula is C19H18FNO3. The van der Waals surface area contributed by atoms with Gasteiger partial charge in [-0.2, -0.15) is 0 Å². The molecule has 0 saturated heterocycles. The summed E-state index contributed by atoms with van der Waals surface area (Å²) < 4.78 is 13.6. The van der Waals surface area contributed by atoms with Gasteiger partial charge in [-0.05, 0) is 43.0 Å². The summed E-state index contributed by atoms with van der Waals surface area (Å²) in [7, 11) is 0. The number of aliphatic carboxylic acids is 1. The highest BCUT2D eigenvalue weighted by atomic mass is 19.1. The number of carbonyl (C=O) groups is 2. The van der Waals surface area contributed by atoms with Crippen molar-refractivity contribution >= 4 is 17.6 Å². The van der Waals surface area contributed by atoms with Crippen LogP contribution in [0.5, 0.6) is 0 Å². The Bertz CT molecular complexity index is 791. The molecular weight excluding hydrogens is 309 g/mol. The minimum atomic E-state index is -1.14. The van der Waals surface area contributed by atoms with Crippen molar-refractivity contribution in [2.24, 2.45) is 5.41 Å². The molecule has 3 rings (SSSR count). The van der Waals surface area contributed by atoms with Gasteiger partial charge in [0.15, 0.2) is 0 Å². The first-order chi connectivity index (χ1) is 11.4. The van der Waals surface area contributed by atoms with Crippen LogP contribution in [0.4, 0.5) is 10.1 Å². The van der Waals surface area contributed by atoms with Gasteiger partial charge in [0, 0.05) is 17.7 Å². The summed E-state index contributed by atoms with van der Waals surface area (Å²) in [4.78, 5) is 24.3. The van der Waals surface area contributed by atoms with Crippen molar-refractivity contribution in [1.82, 2.24) is 0 Å². The van der Waals surface area contributed by atoms with E-state index in [1.54, 1.807) is 13.0 Å². The van der Waals surface area contributed by atoms with Gasteiger partial charge in [0.05, 0.1) is 5.41 Å². The average molecular weight is 327 g/mol. The van der Waals surface area contributed by atoms with Crippen LogP contribution in [-0.2, 0) is 22.4 Å². The van der Waals surface area contributed by atoms with E-state index in [2.05, 4.69) is 5.32 Å². The molecule has 0 aromatic heterocycles. The molecule has 1 amide bonds. The zero-order valence-corrected chi connectivity index (χ0v) is 13.3. The van der Waals surface area contributed by atoms with Crippen molar-refractivity contribution in [3.8, 4) is 0 Å². The van der Waals surface area contributed by atoms with Crippen LogP contribution in [0.1, 0.15) is 23.1 Å². The van der Waals surface area contributed by atoms with Crippen molar-refractivity contribution in [2.75, 3.05) is 5.32 Å². The van der Waals surface area contributed by atoms with Crippen LogP contribution < -0.4 is 5.32 Å². The Labute approximate surface area is 139 Å². The lowest BCUT2D eigenvalue weighted by Gasteiger charge is -2.23. The number of halogens is 1. The van der Waals surface area contributed by atoms with Crippen LogP contribution in [0.15, 0.2) is 42.5 Å². The predicted molar refractivity (Wildman–Crippen MR) is 88.3 cm³/mol. The first kappa shape index (κ1) is 16.2. The second-order valence-electron chi connectivity index (χ2n) is 6.35. The van der Waals surface area contributed by atoms with Crippen LogP contribution in [-0.4, -0.2) is 17.0 Å². The first-order valence-corrected chi connectivity index (χ1v) is 7.76. The molecule has 4 nitrogen and oxygen atoms in total. The fourth-order valence-corrected chi connectivity index (χ4v) is 3.29. The van der Waals surface area contributed by atoms with E-state index in [1.165, 1.54) is 12.1 Å². The zero-order chi connectivity index (χ0) is 17.3. The van der Waals surface area contributed by atoms with Gasteiger partial charge in [0.25, 0.3) is 0 Å². The third kappa shape index (κ3) is 2.89. The van der Waals surface area contributed by atoms with E-state index in [4.69, 9.17) is 0 Å². The van der Waals surface area contributed by atoms with Gasteiger partial charge in [0.1, 0.15) is 5.82 Å². The summed E-state index contributed by atoms with van der Waals surface area (Å²) in [6.45, 7) is 1.57. The van der Waals surface area contributed by atoms with E-state index < -0.39 is 23.1 Å². The molecule has 0 atom stereocenters. The van der Waals surface area contributed by atoms with Crippen molar-refractivity contribution in [2.45, 2.75) is 26.2 Å². The molecule has 2 aromatic carbocycles. The molecule has 124 valence electrons. The minimum absolute atomic E-state index is 0.146. The number of benzene rings is 2. The number of carboxylic acid groups (broad SMARTS) is 1. The Morgan fingerprint density at radius 2 is 1.75 bits per heavy atom. The summed E-state index contributed by atoms with van der Waals surface area (Å²) in [6, 6.07) is 12.0. The topological polar surface area (TPSA) is 66.4 Å². The maximum atomic E-state index is 13.6. The van der Waals surface area contributed by atoms with Crippen molar-refractivity contribution in [1.29, 1.82) is 0 Å². The van der Waals surface area contributed by atoms with Gasteiger partial charge in [-0.25, -0.2) is 4.39 Å². The van der Waals surface area contributed by atoms with Gasteiger partial charge in [-0.3, -0.25) is 9.59 Å². The number of amides is 1. The fourth-order valence-electron chi connectivity index (χ4n) is 3.29. The number of anilines is 1. The number of hydrogen-bond donors (Lipinski definition) is 2. The molecule has 0 fully saturated rings. The SMILES string of the molecule is Cc1c(F)cccc1NC(=O)CC1(C(=O)O)Cc2ccccc2C1. The Morgan fingerprint density at radius 3 is 2.33 bits per heavy atom. The fraction of sp³-hybridized carbons (Fsp3) is 0.263. The smallest absolute Gasteiger partial charge is 0.310 e. The summed E-state index contributed by atoms with van der Waals surface area (Å²) in [5.41, 5.74) is 1.50. The van der Waals surface area contributed by atoms with E-state index in [1.807, 2.05) is 24.3 Å². The Hall–Kier alpha value is -2.69. The standard InChI is InChI=1S/C19H18FNO3/c1-12-15(20)7-4-8-16(12)21-17(22)11-19(18(23)24)9-13-5-2-3-6-14(13)10-19/h2-8H,9-11H2,1H3,(H,21,22)(H,23,24). The predicted octanol–water partition coefficient (Wildman–Crippen LogP) is 3.33. The molecule has 0 unspecified atom stereocenters. The highest BCUT2D eigenvalue weighted by molar-refractivity contribution is 5.95. The first-order valence-electron chi connectivity index (χ1n) is 7.76. The van der Waals surface area contributed by atoms with Gasteiger partial charge in [-0.15, -0.1) is 0 Å².